The van der Waals surface area contributed by atoms with E-state index in [1.165, 1.54) is 0 Å². The van der Waals surface area contributed by atoms with E-state index < -0.39 is 75.4 Å². The molecule has 1 amide bonds. The molecule has 2 unspecified atom stereocenters. The molecule has 13 heteroatoms. The summed E-state index contributed by atoms with van der Waals surface area (Å²) in [5, 5.41) is 13.4. The number of carbonyl (C=O) groups excluding carboxylic acids is 1. The van der Waals surface area contributed by atoms with E-state index in [0.29, 0.717) is 4.31 Å². The molecule has 1 aromatic heterocycles. The minimum Gasteiger partial charge on any atom is -0.506 e. The summed E-state index contributed by atoms with van der Waals surface area (Å²) in [5.74, 6) is -5.14. The third-order valence-electron chi connectivity index (χ3n) is 4.61. The number of carbonyl (C=O) groups is 1. The lowest BCUT2D eigenvalue weighted by Crippen LogP contribution is -2.30. The van der Waals surface area contributed by atoms with Crippen molar-refractivity contribution in [2.24, 2.45) is 5.92 Å². The lowest BCUT2D eigenvalue weighted by molar-refractivity contribution is -0.117. The maximum absolute atomic E-state index is 15.0. The lowest BCUT2D eigenvalue weighted by atomic mass is 10.1. The number of amides is 1. The summed E-state index contributed by atoms with van der Waals surface area (Å²) in [5.41, 5.74) is -1.67. The number of nitrogens with one attached hydrogen (secondary N) is 1. The monoisotopic (exact) mass is 420 g/mol. The predicted octanol–water partition coefficient (Wildman–Crippen LogP) is 1.54. The number of alkyl halides is 2. The van der Waals surface area contributed by atoms with Gasteiger partial charge < -0.3 is 5.11 Å². The van der Waals surface area contributed by atoms with Gasteiger partial charge in [-0.2, -0.15) is 12.8 Å². The maximum atomic E-state index is 15.0. The van der Waals surface area contributed by atoms with Gasteiger partial charge in [0.05, 0.1) is 11.6 Å². The van der Waals surface area contributed by atoms with Gasteiger partial charge in [-0.15, -0.1) is 5.10 Å². The minimum atomic E-state index is -4.42. The van der Waals surface area contributed by atoms with Crippen LogP contribution in [0.25, 0.3) is 11.1 Å². The molecule has 2 aromatic rings. The molecule has 1 aromatic carbocycles. The predicted molar refractivity (Wildman–Crippen MR) is 86.8 cm³/mol. The fourth-order valence-electron chi connectivity index (χ4n) is 3.14. The fourth-order valence-corrected chi connectivity index (χ4v) is 4.30. The van der Waals surface area contributed by atoms with Crippen molar-refractivity contribution in [3.8, 4) is 16.9 Å². The molecule has 1 aliphatic heterocycles. The van der Waals surface area contributed by atoms with Crippen molar-refractivity contribution in [2.75, 3.05) is 10.8 Å². The fraction of sp³-hybridized carbons (Fsp3) is 0.333. The van der Waals surface area contributed by atoms with Gasteiger partial charge in [-0.05, 0) is 18.6 Å². The smallest absolute Gasteiger partial charge is 0.326 e. The molecular formula is C15H12F4N4O4S. The molecule has 1 aliphatic carbocycles. The molecule has 8 nitrogen and oxygen atoms in total. The molecule has 0 bridgehead atoms. The number of rotatable bonds is 4. The van der Waals surface area contributed by atoms with Crippen LogP contribution >= 0.6 is 0 Å². The van der Waals surface area contributed by atoms with Crippen molar-refractivity contribution in [3.63, 3.8) is 0 Å². The lowest BCUT2D eigenvalue weighted by Gasteiger charge is -2.18. The molecule has 1 saturated heterocycles. The Morgan fingerprint density at radius 3 is 2.54 bits per heavy atom. The SMILES string of the molecule is O=C1CN(c2c(O)ccc(-c3cn(C4CC4C(F)F)nc3F)c2F)S(=O)(=O)N1. The summed E-state index contributed by atoms with van der Waals surface area (Å²) in [7, 11) is -4.42. The number of anilines is 1. The van der Waals surface area contributed by atoms with Crippen LogP contribution in [-0.4, -0.2) is 42.2 Å². The Kier molecular flexibility index (Phi) is 4.03. The number of nitrogens with zero attached hydrogens (tertiary/aromatic N) is 3. The Morgan fingerprint density at radius 1 is 1.25 bits per heavy atom. The van der Waals surface area contributed by atoms with Crippen LogP contribution in [0.3, 0.4) is 0 Å². The standard InChI is InChI=1S/C15H12F4N4O4S/c16-12-6(8-4-22(20-15(8)19)9-3-7(9)14(17)18)1-2-10(24)13(12)23-5-11(25)21-28(23,26)27/h1-2,4,7,9,14,24H,3,5H2,(H,21,25). The Morgan fingerprint density at radius 2 is 1.96 bits per heavy atom. The van der Waals surface area contributed by atoms with Gasteiger partial charge in [0.1, 0.15) is 18.0 Å². The van der Waals surface area contributed by atoms with Crippen molar-refractivity contribution in [2.45, 2.75) is 18.9 Å². The van der Waals surface area contributed by atoms with E-state index in [1.807, 2.05) is 0 Å². The van der Waals surface area contributed by atoms with Crippen molar-refractivity contribution in [1.29, 1.82) is 0 Å². The molecule has 1 saturated carbocycles. The van der Waals surface area contributed by atoms with E-state index in [0.717, 1.165) is 23.0 Å². The minimum absolute atomic E-state index is 0.0986. The van der Waals surface area contributed by atoms with Crippen molar-refractivity contribution in [1.82, 2.24) is 14.5 Å². The van der Waals surface area contributed by atoms with E-state index >= 15 is 4.39 Å². The van der Waals surface area contributed by atoms with Gasteiger partial charge in [-0.1, -0.05) is 0 Å². The number of phenols is 1. The van der Waals surface area contributed by atoms with Crippen LogP contribution in [0.5, 0.6) is 5.75 Å². The molecule has 2 N–H and O–H groups in total. The first-order chi connectivity index (χ1) is 13.1. The van der Waals surface area contributed by atoms with Gasteiger partial charge in [-0.3, -0.25) is 9.48 Å². The first kappa shape index (κ1) is 18.5. The normalized spacial score (nSPS) is 23.3. The second-order valence-electron chi connectivity index (χ2n) is 6.45. The van der Waals surface area contributed by atoms with Gasteiger partial charge in [0.2, 0.25) is 12.4 Å². The third kappa shape index (κ3) is 2.85. The van der Waals surface area contributed by atoms with E-state index in [9.17, 15) is 31.5 Å². The molecule has 0 spiro atoms. The summed E-state index contributed by atoms with van der Waals surface area (Å²) < 4.78 is 81.5. The summed E-state index contributed by atoms with van der Waals surface area (Å²) in [6.07, 6.45) is -1.45. The van der Waals surface area contributed by atoms with Crippen molar-refractivity contribution < 1.29 is 35.9 Å². The zero-order valence-corrected chi connectivity index (χ0v) is 14.6. The summed E-state index contributed by atoms with van der Waals surface area (Å²) >= 11 is 0. The highest BCUT2D eigenvalue weighted by molar-refractivity contribution is 7.92. The van der Waals surface area contributed by atoms with Crippen LogP contribution in [0.1, 0.15) is 12.5 Å². The molecule has 150 valence electrons. The number of halogens is 4. The molecular weight excluding hydrogens is 408 g/mol. The number of aromatic hydroxyl groups is 1. The second kappa shape index (κ2) is 6.09. The number of benzene rings is 1. The Hall–Kier alpha value is -2.83. The highest BCUT2D eigenvalue weighted by atomic mass is 32.2. The molecule has 2 fully saturated rings. The molecule has 2 atom stereocenters. The number of aromatic nitrogens is 2. The van der Waals surface area contributed by atoms with E-state index in [-0.39, 0.29) is 6.42 Å². The first-order valence-electron chi connectivity index (χ1n) is 7.98. The van der Waals surface area contributed by atoms with Crippen molar-refractivity contribution >= 4 is 21.8 Å². The third-order valence-corrected chi connectivity index (χ3v) is 5.99. The highest BCUT2D eigenvalue weighted by Gasteiger charge is 2.46. The largest absolute Gasteiger partial charge is 0.506 e. The van der Waals surface area contributed by atoms with Gasteiger partial charge in [0.25, 0.3) is 5.91 Å². The van der Waals surface area contributed by atoms with Crippen LogP contribution < -0.4 is 9.03 Å². The van der Waals surface area contributed by atoms with Crippen LogP contribution in [0, 0.1) is 17.7 Å². The highest BCUT2D eigenvalue weighted by Crippen LogP contribution is 2.48. The van der Waals surface area contributed by atoms with Gasteiger partial charge >= 0.3 is 10.2 Å². The van der Waals surface area contributed by atoms with E-state index in [1.54, 1.807) is 4.72 Å². The molecule has 2 aliphatic rings. The summed E-state index contributed by atoms with van der Waals surface area (Å²) in [6, 6.07) is 1.21. The van der Waals surface area contributed by atoms with E-state index in [2.05, 4.69) is 5.10 Å². The number of hydrogen-bond donors (Lipinski definition) is 2. The maximum Gasteiger partial charge on any atom is 0.326 e. The topological polar surface area (TPSA) is 105 Å². The van der Waals surface area contributed by atoms with E-state index in [4.69, 9.17) is 0 Å². The summed E-state index contributed by atoms with van der Waals surface area (Å²) in [4.78, 5) is 11.4. The van der Waals surface area contributed by atoms with Crippen molar-refractivity contribution in [3.05, 3.63) is 30.1 Å². The Labute approximate surface area is 155 Å². The average Bonchev–Trinajstić information content (AvgIpc) is 3.24. The molecule has 2 heterocycles. The zero-order chi connectivity index (χ0) is 20.4. The Bertz CT molecular complexity index is 1090. The van der Waals surface area contributed by atoms with Crippen LogP contribution in [0.2, 0.25) is 0 Å². The number of hydrogen-bond acceptors (Lipinski definition) is 5. The Balaban J connectivity index is 1.77. The van der Waals surface area contributed by atoms with Gasteiger partial charge in [0.15, 0.2) is 5.82 Å². The summed E-state index contributed by atoms with van der Waals surface area (Å²) in [6.45, 7) is -0.768. The van der Waals surface area contributed by atoms with Gasteiger partial charge in [-0.25, -0.2) is 22.2 Å². The molecule has 4 rings (SSSR count). The van der Waals surface area contributed by atoms with Crippen LogP contribution in [0.15, 0.2) is 18.3 Å². The zero-order valence-electron chi connectivity index (χ0n) is 13.8. The van der Waals surface area contributed by atoms with Gasteiger partial charge in [0, 0.05) is 17.7 Å². The quantitative estimate of drug-likeness (QED) is 0.731. The number of phenolic OH excluding ortho intramolecular Hbond substituents is 1. The molecule has 0 radical (unpaired) electrons. The first-order valence-corrected chi connectivity index (χ1v) is 9.42. The molecule has 28 heavy (non-hydrogen) atoms. The average molecular weight is 420 g/mol. The second-order valence-corrected chi connectivity index (χ2v) is 8.04. The van der Waals surface area contributed by atoms with Crippen LogP contribution in [0.4, 0.5) is 23.2 Å². The van der Waals surface area contributed by atoms with Crippen LogP contribution in [-0.2, 0) is 15.0 Å².